The quantitative estimate of drug-likeness (QED) is 0.0261. The third kappa shape index (κ3) is 56.9. The zero-order chi connectivity index (χ0) is 51.4. The molecule has 0 aromatic heterocycles. The van der Waals surface area contributed by atoms with Crippen molar-refractivity contribution in [3.63, 3.8) is 0 Å². The average molecular weight is 986 g/mol. The van der Waals surface area contributed by atoms with Crippen molar-refractivity contribution in [2.45, 2.75) is 271 Å². The molecule has 0 fully saturated rings. The molecule has 0 bridgehead atoms. The Hall–Kier alpha value is -3.93. The number of hydrogen-bond acceptors (Lipinski definition) is 6. The molecule has 0 N–H and O–H groups in total. The first-order valence-corrected chi connectivity index (χ1v) is 29.4. The van der Waals surface area contributed by atoms with Crippen molar-refractivity contribution in [3.8, 4) is 0 Å². The highest BCUT2D eigenvalue weighted by molar-refractivity contribution is 5.71. The molecule has 0 aliphatic heterocycles. The lowest BCUT2D eigenvalue weighted by Crippen LogP contribution is -2.30. The van der Waals surface area contributed by atoms with Crippen LogP contribution in [0.15, 0.2) is 109 Å². The van der Waals surface area contributed by atoms with Crippen molar-refractivity contribution >= 4 is 17.9 Å². The second-order valence-corrected chi connectivity index (χ2v) is 19.2. The van der Waals surface area contributed by atoms with Crippen molar-refractivity contribution in [2.75, 3.05) is 13.2 Å². The number of carbonyl (C=O) groups excluding carboxylic acids is 3. The second-order valence-electron chi connectivity index (χ2n) is 19.2. The number of carbonyl (C=O) groups is 3. The molecule has 0 aliphatic carbocycles. The Bertz CT molecular complexity index is 1460. The molecule has 404 valence electrons. The van der Waals surface area contributed by atoms with Crippen LogP contribution in [0.3, 0.4) is 0 Å². The van der Waals surface area contributed by atoms with E-state index in [0.717, 1.165) is 96.3 Å². The maximum absolute atomic E-state index is 12.9. The predicted octanol–water partition coefficient (Wildman–Crippen LogP) is 19.9. The minimum atomic E-state index is -0.804. The first-order chi connectivity index (χ1) is 35.0. The number of unbranched alkanes of at least 4 members (excludes halogenated alkanes) is 23. The van der Waals surface area contributed by atoms with Crippen molar-refractivity contribution < 1.29 is 28.6 Å². The van der Waals surface area contributed by atoms with Gasteiger partial charge in [-0.2, -0.15) is 0 Å². The molecule has 0 spiro atoms. The summed E-state index contributed by atoms with van der Waals surface area (Å²) in [6, 6.07) is 0. The molecular weight excluding hydrogens is 877 g/mol. The zero-order valence-electron chi connectivity index (χ0n) is 46.2. The fraction of sp³-hybridized carbons (Fsp3) is 0.677. The molecule has 6 nitrogen and oxygen atoms in total. The van der Waals surface area contributed by atoms with Crippen LogP contribution in [0.1, 0.15) is 265 Å². The Balaban J connectivity index is 4.44. The Labute approximate surface area is 438 Å². The summed E-state index contributed by atoms with van der Waals surface area (Å²) < 4.78 is 16.8. The number of rotatable bonds is 52. The van der Waals surface area contributed by atoms with Crippen LogP contribution in [-0.2, 0) is 28.6 Å². The summed E-state index contributed by atoms with van der Waals surface area (Å²) in [7, 11) is 0. The summed E-state index contributed by atoms with van der Waals surface area (Å²) >= 11 is 0. The van der Waals surface area contributed by atoms with Gasteiger partial charge in [-0.3, -0.25) is 14.4 Å². The lowest BCUT2D eigenvalue weighted by atomic mass is 10.1. The van der Waals surface area contributed by atoms with Gasteiger partial charge in [0.1, 0.15) is 13.2 Å². The van der Waals surface area contributed by atoms with Crippen LogP contribution >= 0.6 is 0 Å². The van der Waals surface area contributed by atoms with E-state index >= 15 is 0 Å². The molecule has 0 radical (unpaired) electrons. The summed E-state index contributed by atoms with van der Waals surface area (Å²) in [6.45, 7) is 6.45. The van der Waals surface area contributed by atoms with Crippen molar-refractivity contribution in [2.24, 2.45) is 0 Å². The van der Waals surface area contributed by atoms with Gasteiger partial charge in [-0.05, 0) is 103 Å². The van der Waals surface area contributed by atoms with Crippen molar-refractivity contribution in [3.05, 3.63) is 109 Å². The van der Waals surface area contributed by atoms with Crippen LogP contribution in [0.2, 0.25) is 0 Å². The minimum absolute atomic E-state index is 0.0972. The first-order valence-electron chi connectivity index (χ1n) is 29.4. The Morgan fingerprint density at radius 1 is 0.296 bits per heavy atom. The highest BCUT2D eigenvalue weighted by Gasteiger charge is 2.19. The molecule has 0 aliphatic rings. The normalized spacial score (nSPS) is 12.9. The number of allylic oxidation sites excluding steroid dienone is 18. The van der Waals surface area contributed by atoms with Crippen molar-refractivity contribution in [1.82, 2.24) is 0 Å². The van der Waals surface area contributed by atoms with Gasteiger partial charge in [-0.15, -0.1) is 0 Å². The molecule has 1 unspecified atom stereocenters. The summed E-state index contributed by atoms with van der Waals surface area (Å²) in [5.41, 5.74) is 0. The monoisotopic (exact) mass is 985 g/mol. The van der Waals surface area contributed by atoms with E-state index in [9.17, 15) is 14.4 Å². The minimum Gasteiger partial charge on any atom is -0.462 e. The molecule has 0 rings (SSSR count). The molecule has 0 aromatic rings. The molecule has 0 saturated heterocycles. The van der Waals surface area contributed by atoms with Gasteiger partial charge in [-0.1, -0.05) is 252 Å². The van der Waals surface area contributed by atoms with Crippen molar-refractivity contribution in [1.29, 1.82) is 0 Å². The Morgan fingerprint density at radius 2 is 0.563 bits per heavy atom. The smallest absolute Gasteiger partial charge is 0.306 e. The van der Waals surface area contributed by atoms with Gasteiger partial charge in [0, 0.05) is 19.3 Å². The fourth-order valence-corrected chi connectivity index (χ4v) is 7.87. The Kier molecular flexibility index (Phi) is 55.4. The lowest BCUT2D eigenvalue weighted by Gasteiger charge is -2.18. The van der Waals surface area contributed by atoms with Gasteiger partial charge in [0.2, 0.25) is 0 Å². The first kappa shape index (κ1) is 67.1. The van der Waals surface area contributed by atoms with Gasteiger partial charge in [0.05, 0.1) is 0 Å². The molecule has 6 heteroatoms. The van der Waals surface area contributed by atoms with Gasteiger partial charge in [0.25, 0.3) is 0 Å². The van der Waals surface area contributed by atoms with E-state index in [4.69, 9.17) is 14.2 Å². The summed E-state index contributed by atoms with van der Waals surface area (Å²) in [5, 5.41) is 0. The molecule has 71 heavy (non-hydrogen) atoms. The maximum atomic E-state index is 12.9. The number of ether oxygens (including phenoxy) is 3. The second kappa shape index (κ2) is 58.6. The molecule has 0 aromatic carbocycles. The van der Waals surface area contributed by atoms with Crippen LogP contribution in [-0.4, -0.2) is 37.2 Å². The highest BCUT2D eigenvalue weighted by Crippen LogP contribution is 2.15. The average Bonchev–Trinajstić information content (AvgIpc) is 3.37. The third-order valence-corrected chi connectivity index (χ3v) is 12.3. The molecule has 0 heterocycles. The fourth-order valence-electron chi connectivity index (χ4n) is 7.87. The van der Waals surface area contributed by atoms with E-state index in [0.29, 0.717) is 19.3 Å². The molecule has 1 atom stereocenters. The highest BCUT2D eigenvalue weighted by atomic mass is 16.6. The lowest BCUT2D eigenvalue weighted by molar-refractivity contribution is -0.167. The maximum Gasteiger partial charge on any atom is 0.306 e. The van der Waals surface area contributed by atoms with E-state index in [1.54, 1.807) is 0 Å². The predicted molar refractivity (Wildman–Crippen MR) is 307 cm³/mol. The van der Waals surface area contributed by atoms with Crippen LogP contribution in [0, 0.1) is 0 Å². The molecule has 0 amide bonds. The molecule has 0 saturated carbocycles. The van der Waals surface area contributed by atoms with Crippen LogP contribution in [0.4, 0.5) is 0 Å². The molecular formula is C65H108O6. The van der Waals surface area contributed by atoms with E-state index in [1.807, 2.05) is 0 Å². The topological polar surface area (TPSA) is 78.9 Å². The number of hydrogen-bond donors (Lipinski definition) is 0. The van der Waals surface area contributed by atoms with E-state index in [1.165, 1.54) is 122 Å². The summed E-state index contributed by atoms with van der Waals surface area (Å²) in [6.07, 6.45) is 79.4. The van der Waals surface area contributed by atoms with Crippen LogP contribution in [0.5, 0.6) is 0 Å². The van der Waals surface area contributed by atoms with E-state index < -0.39 is 6.10 Å². The summed E-state index contributed by atoms with van der Waals surface area (Å²) in [4.78, 5) is 38.1. The van der Waals surface area contributed by atoms with Gasteiger partial charge < -0.3 is 14.2 Å². The zero-order valence-corrected chi connectivity index (χ0v) is 46.2. The standard InChI is InChI=1S/C65H108O6/c1-4-7-10-13-16-19-22-24-26-28-30-31-32-33-35-36-38-40-43-46-49-52-55-58-64(67)70-61-62(60-69-63(66)57-54-51-48-45-42-21-18-15-12-9-6-3)71-65(68)59-56-53-50-47-44-41-39-37-34-29-27-25-23-20-17-14-11-8-5-2/h7,10,16-17,19-20,24-27,30-31,33,35,38,40,46,49,62H,4-6,8-9,11-15,18,21-23,28-29,32,34,36-37,39,41-45,47-48,50-61H2,1-3H3/b10-7-,19-16-,20-17-,26-24-,27-25-,31-30-,35-33-,40-38-,49-46-. The van der Waals surface area contributed by atoms with Crippen LogP contribution in [0.25, 0.3) is 0 Å². The van der Waals surface area contributed by atoms with Gasteiger partial charge in [-0.25, -0.2) is 0 Å². The SMILES string of the molecule is CC/C=C\C/C=C\C/C=C\C/C=C\C/C=C\C/C=C\C/C=C\CCCC(=O)OCC(COC(=O)CCCCCCCCCCCCC)OC(=O)CCCCCCCCCCC/C=C\C/C=C\CCCCC. The Morgan fingerprint density at radius 3 is 0.944 bits per heavy atom. The van der Waals surface area contributed by atoms with Crippen LogP contribution < -0.4 is 0 Å². The van der Waals surface area contributed by atoms with E-state index in [2.05, 4.69) is 130 Å². The third-order valence-electron chi connectivity index (χ3n) is 12.3. The van der Waals surface area contributed by atoms with Gasteiger partial charge in [0.15, 0.2) is 6.10 Å². The van der Waals surface area contributed by atoms with E-state index in [-0.39, 0.29) is 37.5 Å². The largest absolute Gasteiger partial charge is 0.462 e. The number of esters is 3. The van der Waals surface area contributed by atoms with Gasteiger partial charge >= 0.3 is 17.9 Å². The summed E-state index contributed by atoms with van der Waals surface area (Å²) in [5.74, 6) is -0.962.